The summed E-state index contributed by atoms with van der Waals surface area (Å²) in [5.41, 5.74) is 7.10. The minimum Gasteiger partial charge on any atom is -0.383 e. The molecule has 0 heterocycles. The highest BCUT2D eigenvalue weighted by molar-refractivity contribution is 5.78. The van der Waals surface area contributed by atoms with Crippen molar-refractivity contribution >= 4 is 28.4 Å². The number of nitrogens with one attached hydrogen (secondary N) is 2. The first-order valence-electron chi connectivity index (χ1n) is 13.8. The van der Waals surface area contributed by atoms with Crippen LogP contribution in [0.15, 0.2) is 72.8 Å². The Bertz CT molecular complexity index is 957. The molecule has 0 radical (unpaired) electrons. The Morgan fingerprint density at radius 2 is 0.833 bits per heavy atom. The van der Waals surface area contributed by atoms with Gasteiger partial charge in [0.2, 0.25) is 0 Å². The zero-order valence-corrected chi connectivity index (χ0v) is 23.5. The zero-order chi connectivity index (χ0) is 26.1. The molecular formula is C33H47N3. The lowest BCUT2D eigenvalue weighted by Crippen LogP contribution is -2.16. The predicted molar refractivity (Wildman–Crippen MR) is 160 cm³/mol. The van der Waals surface area contributed by atoms with Crippen molar-refractivity contribution in [1.29, 1.82) is 0 Å². The molecule has 3 aromatic rings. The lowest BCUT2D eigenvalue weighted by molar-refractivity contribution is 0.528. The number of hydrogen-bond acceptors (Lipinski definition) is 3. The van der Waals surface area contributed by atoms with Crippen molar-refractivity contribution in [3.05, 3.63) is 78.4 Å². The largest absolute Gasteiger partial charge is 0.383 e. The highest BCUT2D eigenvalue weighted by Gasteiger charge is 2.13. The minimum absolute atomic E-state index is 0.467. The summed E-state index contributed by atoms with van der Waals surface area (Å²) in [6, 6.07) is 27.4. The second kappa shape index (κ2) is 13.4. The molecule has 0 saturated carbocycles. The van der Waals surface area contributed by atoms with Crippen LogP contribution in [-0.2, 0) is 0 Å². The van der Waals surface area contributed by atoms with Gasteiger partial charge < -0.3 is 15.5 Å². The first-order valence-corrected chi connectivity index (χ1v) is 13.8. The Morgan fingerprint density at radius 1 is 0.500 bits per heavy atom. The van der Waals surface area contributed by atoms with Crippen molar-refractivity contribution in [1.82, 2.24) is 0 Å². The molecule has 2 unspecified atom stereocenters. The summed E-state index contributed by atoms with van der Waals surface area (Å²) in [6.07, 6.45) is 4.86. The first-order chi connectivity index (χ1) is 17.2. The Morgan fingerprint density at radius 3 is 1.17 bits per heavy atom. The third-order valence-corrected chi connectivity index (χ3v) is 6.72. The number of aryl methyl sites for hydroxylation is 1. The van der Waals surface area contributed by atoms with Gasteiger partial charge in [0.15, 0.2) is 0 Å². The molecule has 3 heteroatoms. The van der Waals surface area contributed by atoms with Gasteiger partial charge in [-0.3, -0.25) is 0 Å². The van der Waals surface area contributed by atoms with E-state index < -0.39 is 0 Å². The molecular weight excluding hydrogens is 438 g/mol. The molecule has 2 atom stereocenters. The van der Waals surface area contributed by atoms with E-state index in [0.717, 1.165) is 28.9 Å². The molecule has 0 aromatic heterocycles. The Balaban J connectivity index is 1.78. The number of rotatable bonds is 13. The van der Waals surface area contributed by atoms with E-state index in [-0.39, 0.29) is 0 Å². The summed E-state index contributed by atoms with van der Waals surface area (Å²) in [6.45, 7) is 15.8. The molecule has 0 aliphatic rings. The van der Waals surface area contributed by atoms with Gasteiger partial charge in [0, 0.05) is 40.5 Å². The molecule has 0 amide bonds. The molecule has 3 rings (SSSR count). The normalized spacial score (nSPS) is 13.0. The SMILES string of the molecule is Cc1ccc(N(c2ccc(NC(C)CCC(C)C)cc2)c2ccc(NC(C)CCC(C)C)cc2)cc1. The molecule has 0 spiro atoms. The highest BCUT2D eigenvalue weighted by atomic mass is 15.1. The topological polar surface area (TPSA) is 27.3 Å². The smallest absolute Gasteiger partial charge is 0.0463 e. The zero-order valence-electron chi connectivity index (χ0n) is 23.5. The second-order valence-electron chi connectivity index (χ2n) is 11.3. The van der Waals surface area contributed by atoms with E-state index in [1.165, 1.54) is 42.6 Å². The predicted octanol–water partition coefficient (Wildman–Crippen LogP) is 9.94. The monoisotopic (exact) mass is 485 g/mol. The molecule has 3 aromatic carbocycles. The van der Waals surface area contributed by atoms with Crippen LogP contribution in [0.4, 0.5) is 28.4 Å². The fourth-order valence-corrected chi connectivity index (χ4v) is 4.43. The van der Waals surface area contributed by atoms with E-state index in [1.54, 1.807) is 0 Å². The summed E-state index contributed by atoms with van der Waals surface area (Å²) in [5, 5.41) is 7.33. The summed E-state index contributed by atoms with van der Waals surface area (Å²) in [4.78, 5) is 2.33. The highest BCUT2D eigenvalue weighted by Crippen LogP contribution is 2.36. The van der Waals surface area contributed by atoms with Crippen LogP contribution < -0.4 is 15.5 Å². The van der Waals surface area contributed by atoms with E-state index >= 15 is 0 Å². The van der Waals surface area contributed by atoms with Crippen LogP contribution in [0.5, 0.6) is 0 Å². The van der Waals surface area contributed by atoms with Crippen LogP contribution in [-0.4, -0.2) is 12.1 Å². The molecule has 3 nitrogen and oxygen atoms in total. The molecule has 2 N–H and O–H groups in total. The lowest BCUT2D eigenvalue weighted by atomic mass is 10.0. The number of benzene rings is 3. The van der Waals surface area contributed by atoms with E-state index in [4.69, 9.17) is 0 Å². The van der Waals surface area contributed by atoms with Gasteiger partial charge in [0.25, 0.3) is 0 Å². The third kappa shape index (κ3) is 8.62. The van der Waals surface area contributed by atoms with Crippen molar-refractivity contribution in [3.8, 4) is 0 Å². The summed E-state index contributed by atoms with van der Waals surface area (Å²) < 4.78 is 0. The molecule has 194 valence electrons. The van der Waals surface area contributed by atoms with Crippen LogP contribution in [0.1, 0.15) is 72.8 Å². The van der Waals surface area contributed by atoms with Gasteiger partial charge in [-0.05, 0) is 119 Å². The van der Waals surface area contributed by atoms with Gasteiger partial charge >= 0.3 is 0 Å². The van der Waals surface area contributed by atoms with E-state index in [1.807, 2.05) is 0 Å². The standard InChI is InChI=1S/C33H47N3/c1-24(2)8-12-27(6)34-29-14-20-32(21-15-29)36(31-18-10-26(5)11-19-31)33-22-16-30(17-23-33)35-28(7)13-9-25(3)4/h10-11,14-25,27-28,34-35H,8-9,12-13H2,1-7H3. The van der Waals surface area contributed by atoms with Gasteiger partial charge in [0.1, 0.15) is 0 Å². The molecule has 0 fully saturated rings. The molecule has 36 heavy (non-hydrogen) atoms. The molecule has 0 saturated heterocycles. The van der Waals surface area contributed by atoms with E-state index in [2.05, 4.69) is 137 Å². The van der Waals surface area contributed by atoms with Gasteiger partial charge in [-0.25, -0.2) is 0 Å². The van der Waals surface area contributed by atoms with Crippen molar-refractivity contribution in [2.24, 2.45) is 11.8 Å². The second-order valence-corrected chi connectivity index (χ2v) is 11.3. The average Bonchev–Trinajstić information content (AvgIpc) is 2.85. The summed E-state index contributed by atoms with van der Waals surface area (Å²) >= 11 is 0. The fraction of sp³-hybridized carbons (Fsp3) is 0.455. The third-order valence-electron chi connectivity index (χ3n) is 6.72. The average molecular weight is 486 g/mol. The maximum absolute atomic E-state index is 3.67. The van der Waals surface area contributed by atoms with Gasteiger partial charge in [-0.15, -0.1) is 0 Å². The maximum atomic E-state index is 3.67. The summed E-state index contributed by atoms with van der Waals surface area (Å²) in [7, 11) is 0. The molecule has 0 aliphatic carbocycles. The summed E-state index contributed by atoms with van der Waals surface area (Å²) in [5.74, 6) is 1.48. The van der Waals surface area contributed by atoms with Crippen LogP contribution in [0, 0.1) is 18.8 Å². The quantitative estimate of drug-likeness (QED) is 0.252. The van der Waals surface area contributed by atoms with Crippen molar-refractivity contribution in [3.63, 3.8) is 0 Å². The number of hydrogen-bond donors (Lipinski definition) is 2. The van der Waals surface area contributed by atoms with Crippen molar-refractivity contribution in [2.75, 3.05) is 15.5 Å². The number of anilines is 5. The number of nitrogens with zero attached hydrogens (tertiary/aromatic N) is 1. The Kier molecular flexibility index (Phi) is 10.3. The molecule has 0 aliphatic heterocycles. The van der Waals surface area contributed by atoms with Crippen LogP contribution in [0.3, 0.4) is 0 Å². The maximum Gasteiger partial charge on any atom is 0.0463 e. The van der Waals surface area contributed by atoms with E-state index in [9.17, 15) is 0 Å². The van der Waals surface area contributed by atoms with Crippen molar-refractivity contribution < 1.29 is 0 Å². The lowest BCUT2D eigenvalue weighted by Gasteiger charge is -2.26. The Labute approximate surface area is 220 Å². The van der Waals surface area contributed by atoms with Crippen molar-refractivity contribution in [2.45, 2.75) is 86.2 Å². The van der Waals surface area contributed by atoms with Crippen LogP contribution >= 0.6 is 0 Å². The van der Waals surface area contributed by atoms with Crippen LogP contribution in [0.25, 0.3) is 0 Å². The first kappa shape index (κ1) is 27.6. The van der Waals surface area contributed by atoms with E-state index in [0.29, 0.717) is 12.1 Å². The minimum atomic E-state index is 0.467. The van der Waals surface area contributed by atoms with Gasteiger partial charge in [-0.1, -0.05) is 45.4 Å². The van der Waals surface area contributed by atoms with Gasteiger partial charge in [-0.2, -0.15) is 0 Å². The van der Waals surface area contributed by atoms with Crippen LogP contribution in [0.2, 0.25) is 0 Å². The molecule has 0 bridgehead atoms. The fourth-order valence-electron chi connectivity index (χ4n) is 4.43. The Hall–Kier alpha value is -2.94. The van der Waals surface area contributed by atoms with Gasteiger partial charge in [0.05, 0.1) is 0 Å².